The number of rotatable bonds is 8. The van der Waals surface area contributed by atoms with Crippen molar-refractivity contribution in [1.29, 1.82) is 0 Å². The van der Waals surface area contributed by atoms with E-state index in [0.29, 0.717) is 37.4 Å². The number of ether oxygens (including phenoxy) is 1. The van der Waals surface area contributed by atoms with Gasteiger partial charge in [-0.2, -0.15) is 4.31 Å². The highest BCUT2D eigenvalue weighted by Gasteiger charge is 2.26. The van der Waals surface area contributed by atoms with Crippen molar-refractivity contribution in [1.82, 2.24) is 14.6 Å². The van der Waals surface area contributed by atoms with Crippen molar-refractivity contribution >= 4 is 15.9 Å². The molecule has 2 heterocycles. The van der Waals surface area contributed by atoms with Crippen LogP contribution in [0.15, 0.2) is 47.5 Å². The largest absolute Gasteiger partial charge is 0.496 e. The number of nitrogens with one attached hydrogen (secondary N) is 1. The summed E-state index contributed by atoms with van der Waals surface area (Å²) in [6.07, 6.45) is 5.14. The smallest absolute Gasteiger partial charge is 0.243 e. The van der Waals surface area contributed by atoms with Crippen LogP contribution >= 0.6 is 0 Å². The van der Waals surface area contributed by atoms with Crippen molar-refractivity contribution in [3.8, 4) is 5.75 Å². The predicted octanol–water partition coefficient (Wildman–Crippen LogP) is 2.51. The van der Waals surface area contributed by atoms with E-state index in [1.54, 1.807) is 35.8 Å². The SMILES string of the molecule is COc1ccc(S(=O)(=O)N2CCCCC2)cc1CCC(=O)NCc1ccccn1. The van der Waals surface area contributed by atoms with Gasteiger partial charge in [-0.15, -0.1) is 0 Å². The molecule has 0 bridgehead atoms. The van der Waals surface area contributed by atoms with Crippen molar-refractivity contribution in [2.24, 2.45) is 0 Å². The maximum absolute atomic E-state index is 12.9. The maximum Gasteiger partial charge on any atom is 0.243 e. The molecular weight excluding hydrogens is 390 g/mol. The molecule has 7 nitrogen and oxygen atoms in total. The second-order valence-corrected chi connectivity index (χ2v) is 8.97. The molecule has 1 aromatic heterocycles. The number of aryl methyl sites for hydroxylation is 1. The number of aromatic nitrogens is 1. The average molecular weight is 418 g/mol. The van der Waals surface area contributed by atoms with Crippen molar-refractivity contribution in [2.75, 3.05) is 20.2 Å². The molecule has 1 saturated heterocycles. The predicted molar refractivity (Wildman–Crippen MR) is 110 cm³/mol. The second-order valence-electron chi connectivity index (χ2n) is 7.04. The molecule has 156 valence electrons. The Morgan fingerprint density at radius 3 is 2.66 bits per heavy atom. The molecule has 29 heavy (non-hydrogen) atoms. The van der Waals surface area contributed by atoms with Crippen LogP contribution in [-0.2, 0) is 27.8 Å². The highest BCUT2D eigenvalue weighted by atomic mass is 32.2. The number of methoxy groups -OCH3 is 1. The zero-order chi connectivity index (χ0) is 20.7. The Bertz CT molecular complexity index is 926. The van der Waals surface area contributed by atoms with Crippen molar-refractivity contribution in [3.05, 3.63) is 53.9 Å². The lowest BCUT2D eigenvalue weighted by Crippen LogP contribution is -2.35. The summed E-state index contributed by atoms with van der Waals surface area (Å²) in [5.41, 5.74) is 1.49. The van der Waals surface area contributed by atoms with Crippen LogP contribution in [0.25, 0.3) is 0 Å². The first-order valence-corrected chi connectivity index (χ1v) is 11.3. The van der Waals surface area contributed by atoms with Crippen LogP contribution < -0.4 is 10.1 Å². The van der Waals surface area contributed by atoms with Gasteiger partial charge in [-0.1, -0.05) is 12.5 Å². The van der Waals surface area contributed by atoms with Gasteiger partial charge in [-0.3, -0.25) is 9.78 Å². The number of sulfonamides is 1. The van der Waals surface area contributed by atoms with Gasteiger partial charge in [0.25, 0.3) is 0 Å². The van der Waals surface area contributed by atoms with Gasteiger partial charge in [0, 0.05) is 25.7 Å². The number of hydrogen-bond acceptors (Lipinski definition) is 5. The topological polar surface area (TPSA) is 88.6 Å². The number of hydrogen-bond donors (Lipinski definition) is 1. The molecule has 1 aromatic carbocycles. The summed E-state index contributed by atoms with van der Waals surface area (Å²) in [5, 5.41) is 2.83. The summed E-state index contributed by atoms with van der Waals surface area (Å²) in [7, 11) is -1.98. The van der Waals surface area contributed by atoms with Crippen LogP contribution in [0.1, 0.15) is 36.9 Å². The average Bonchev–Trinajstić information content (AvgIpc) is 2.77. The van der Waals surface area contributed by atoms with Crippen LogP contribution in [0.2, 0.25) is 0 Å². The van der Waals surface area contributed by atoms with E-state index >= 15 is 0 Å². The third kappa shape index (κ3) is 5.55. The fourth-order valence-corrected chi connectivity index (χ4v) is 4.96. The van der Waals surface area contributed by atoms with Crippen LogP contribution in [0.3, 0.4) is 0 Å². The third-order valence-electron chi connectivity index (χ3n) is 5.02. The van der Waals surface area contributed by atoms with E-state index in [1.807, 2.05) is 18.2 Å². The van der Waals surface area contributed by atoms with Gasteiger partial charge in [0.2, 0.25) is 15.9 Å². The number of pyridine rings is 1. The molecule has 3 rings (SSSR count). The molecule has 0 aliphatic carbocycles. The zero-order valence-corrected chi connectivity index (χ0v) is 17.5. The number of carbonyl (C=O) groups excluding carboxylic acids is 1. The first-order valence-electron chi connectivity index (χ1n) is 9.84. The summed E-state index contributed by atoms with van der Waals surface area (Å²) in [6.45, 7) is 1.47. The Labute approximate surface area is 172 Å². The first kappa shape index (κ1) is 21.3. The molecular formula is C21H27N3O4S. The molecule has 1 N–H and O–H groups in total. The Morgan fingerprint density at radius 1 is 1.17 bits per heavy atom. The summed E-state index contributed by atoms with van der Waals surface area (Å²) in [5.74, 6) is 0.460. The van der Waals surface area contributed by atoms with Gasteiger partial charge >= 0.3 is 0 Å². The molecule has 0 spiro atoms. The molecule has 1 aliphatic rings. The molecule has 0 atom stereocenters. The summed E-state index contributed by atoms with van der Waals surface area (Å²) < 4.78 is 32.8. The van der Waals surface area contributed by atoms with E-state index in [4.69, 9.17) is 4.74 Å². The lowest BCUT2D eigenvalue weighted by atomic mass is 10.1. The second kappa shape index (κ2) is 9.84. The van der Waals surface area contributed by atoms with E-state index in [9.17, 15) is 13.2 Å². The summed E-state index contributed by atoms with van der Waals surface area (Å²) in [4.78, 5) is 16.6. The number of nitrogens with zero attached hydrogens (tertiary/aromatic N) is 2. The van der Waals surface area contributed by atoms with Gasteiger partial charge in [0.1, 0.15) is 5.75 Å². The Kier molecular flexibility index (Phi) is 7.22. The van der Waals surface area contributed by atoms with Crippen molar-refractivity contribution in [3.63, 3.8) is 0 Å². The Hall–Kier alpha value is -2.45. The number of benzene rings is 1. The fraction of sp³-hybridized carbons (Fsp3) is 0.429. The number of amides is 1. The Balaban J connectivity index is 1.66. The normalized spacial score (nSPS) is 15.1. The minimum absolute atomic E-state index is 0.123. The summed E-state index contributed by atoms with van der Waals surface area (Å²) >= 11 is 0. The van der Waals surface area contributed by atoms with Gasteiger partial charge in [0.15, 0.2) is 0 Å². The molecule has 1 aliphatic heterocycles. The molecule has 0 unspecified atom stereocenters. The van der Waals surface area contributed by atoms with Gasteiger partial charge in [0.05, 0.1) is 24.2 Å². The number of carbonyl (C=O) groups is 1. The van der Waals surface area contributed by atoms with Crippen LogP contribution in [-0.4, -0.2) is 43.8 Å². The molecule has 0 saturated carbocycles. The summed E-state index contributed by atoms with van der Waals surface area (Å²) in [6, 6.07) is 10.4. The number of piperidine rings is 1. The highest BCUT2D eigenvalue weighted by Crippen LogP contribution is 2.27. The molecule has 1 fully saturated rings. The van der Waals surface area contributed by atoms with Gasteiger partial charge in [-0.25, -0.2) is 8.42 Å². The molecule has 0 radical (unpaired) electrons. The van der Waals surface area contributed by atoms with Gasteiger partial charge in [-0.05, 0) is 55.2 Å². The van der Waals surface area contributed by atoms with Gasteiger partial charge < -0.3 is 10.1 Å². The maximum atomic E-state index is 12.9. The Morgan fingerprint density at radius 2 is 1.97 bits per heavy atom. The minimum Gasteiger partial charge on any atom is -0.496 e. The van der Waals surface area contributed by atoms with Crippen LogP contribution in [0.4, 0.5) is 0 Å². The third-order valence-corrected chi connectivity index (χ3v) is 6.91. The lowest BCUT2D eigenvalue weighted by molar-refractivity contribution is -0.121. The van der Waals surface area contributed by atoms with E-state index < -0.39 is 10.0 Å². The fourth-order valence-electron chi connectivity index (χ4n) is 3.39. The van der Waals surface area contributed by atoms with Crippen molar-refractivity contribution in [2.45, 2.75) is 43.5 Å². The zero-order valence-electron chi connectivity index (χ0n) is 16.6. The van der Waals surface area contributed by atoms with E-state index in [1.165, 1.54) is 0 Å². The standard InChI is InChI=1S/C21H27N3O4S/c1-28-20-10-9-19(29(26,27)24-13-5-2-6-14-24)15-17(20)8-11-21(25)23-16-18-7-3-4-12-22-18/h3-4,7,9-10,12,15H,2,5-6,8,11,13-14,16H2,1H3,(H,23,25). The quantitative estimate of drug-likeness (QED) is 0.713. The van der Waals surface area contributed by atoms with E-state index in [0.717, 1.165) is 25.0 Å². The van der Waals surface area contributed by atoms with E-state index in [2.05, 4.69) is 10.3 Å². The molecule has 1 amide bonds. The van der Waals surface area contributed by atoms with Crippen LogP contribution in [0.5, 0.6) is 5.75 Å². The monoisotopic (exact) mass is 417 g/mol. The lowest BCUT2D eigenvalue weighted by Gasteiger charge is -2.26. The van der Waals surface area contributed by atoms with E-state index in [-0.39, 0.29) is 17.2 Å². The minimum atomic E-state index is -3.53. The van der Waals surface area contributed by atoms with Crippen LogP contribution in [0, 0.1) is 0 Å². The highest BCUT2D eigenvalue weighted by molar-refractivity contribution is 7.89. The van der Waals surface area contributed by atoms with Crippen molar-refractivity contribution < 1.29 is 17.9 Å². The first-order chi connectivity index (χ1) is 14.0. The molecule has 8 heteroatoms. The molecule has 2 aromatic rings.